The predicted molar refractivity (Wildman–Crippen MR) is 104 cm³/mol. The van der Waals surface area contributed by atoms with Crippen molar-refractivity contribution in [3.8, 4) is 0 Å². The van der Waals surface area contributed by atoms with Crippen molar-refractivity contribution in [1.29, 1.82) is 0 Å². The van der Waals surface area contributed by atoms with Gasteiger partial charge in [0.1, 0.15) is 5.69 Å². The van der Waals surface area contributed by atoms with Gasteiger partial charge in [0.25, 0.3) is 11.6 Å². The van der Waals surface area contributed by atoms with E-state index < -0.39 is 22.9 Å². The third-order valence-electron chi connectivity index (χ3n) is 3.73. The van der Waals surface area contributed by atoms with Crippen LogP contribution in [0.1, 0.15) is 18.1 Å². The molecule has 0 fully saturated rings. The van der Waals surface area contributed by atoms with Gasteiger partial charge in [0, 0.05) is 11.0 Å². The number of nitrogens with one attached hydrogen (secondary N) is 1. The van der Waals surface area contributed by atoms with E-state index in [2.05, 4.69) is 5.32 Å². The van der Waals surface area contributed by atoms with Crippen molar-refractivity contribution in [3.05, 3.63) is 63.7 Å². The monoisotopic (exact) mass is 388 g/mol. The SMILES string of the molecule is Cc1ccc(C)c(SCC(=O)O[C@H](C)C(=O)Nc2ccccc2[N+](=O)[O-])c1. The molecule has 1 N–H and O–H groups in total. The molecule has 0 radical (unpaired) electrons. The summed E-state index contributed by atoms with van der Waals surface area (Å²) in [4.78, 5) is 35.6. The standard InChI is InChI=1S/C19H20N2O5S/c1-12-8-9-13(2)17(10-12)27-11-18(22)26-14(3)19(23)20-15-6-4-5-7-16(15)21(24)25/h4-10,14H,11H2,1-3H3,(H,20,23)/t14-/m1/s1. The molecule has 0 aromatic heterocycles. The van der Waals surface area contributed by atoms with Gasteiger partial charge in [-0.3, -0.25) is 19.7 Å². The Labute approximate surface area is 161 Å². The molecular formula is C19H20N2O5S. The second kappa shape index (κ2) is 9.18. The first-order valence-corrected chi connectivity index (χ1v) is 9.20. The highest BCUT2D eigenvalue weighted by Crippen LogP contribution is 2.25. The van der Waals surface area contributed by atoms with Gasteiger partial charge in [-0.05, 0) is 38.5 Å². The molecule has 2 aromatic rings. The summed E-state index contributed by atoms with van der Waals surface area (Å²) in [6, 6.07) is 11.7. The van der Waals surface area contributed by atoms with E-state index in [1.807, 2.05) is 32.0 Å². The molecule has 2 aromatic carbocycles. The molecule has 0 saturated heterocycles. The van der Waals surface area contributed by atoms with Gasteiger partial charge < -0.3 is 10.1 Å². The van der Waals surface area contributed by atoms with Crippen LogP contribution in [0, 0.1) is 24.0 Å². The van der Waals surface area contributed by atoms with Gasteiger partial charge in [-0.2, -0.15) is 0 Å². The third-order valence-corrected chi connectivity index (χ3v) is 4.86. The minimum Gasteiger partial charge on any atom is -0.452 e. The second-order valence-corrected chi connectivity index (χ2v) is 6.97. The molecule has 8 heteroatoms. The van der Waals surface area contributed by atoms with Gasteiger partial charge in [-0.25, -0.2) is 0 Å². The zero-order chi connectivity index (χ0) is 20.0. The van der Waals surface area contributed by atoms with Gasteiger partial charge in [0.05, 0.1) is 10.7 Å². The maximum atomic E-state index is 12.2. The van der Waals surface area contributed by atoms with E-state index in [9.17, 15) is 19.7 Å². The fraction of sp³-hybridized carbons (Fsp3) is 0.263. The topological polar surface area (TPSA) is 98.5 Å². The number of carbonyl (C=O) groups is 2. The van der Waals surface area contributed by atoms with Crippen LogP contribution in [0.15, 0.2) is 47.4 Å². The van der Waals surface area contributed by atoms with E-state index in [1.165, 1.54) is 36.9 Å². The molecule has 0 spiro atoms. The highest BCUT2D eigenvalue weighted by molar-refractivity contribution is 8.00. The summed E-state index contributed by atoms with van der Waals surface area (Å²) in [6.07, 6.45) is -1.07. The highest BCUT2D eigenvalue weighted by atomic mass is 32.2. The van der Waals surface area contributed by atoms with Crippen molar-refractivity contribution in [2.75, 3.05) is 11.1 Å². The fourth-order valence-electron chi connectivity index (χ4n) is 2.26. The van der Waals surface area contributed by atoms with Crippen LogP contribution in [0.5, 0.6) is 0 Å². The van der Waals surface area contributed by atoms with Crippen molar-refractivity contribution in [1.82, 2.24) is 0 Å². The smallest absolute Gasteiger partial charge is 0.317 e. The van der Waals surface area contributed by atoms with Gasteiger partial charge in [-0.1, -0.05) is 29.8 Å². The minimum atomic E-state index is -1.07. The lowest BCUT2D eigenvalue weighted by Crippen LogP contribution is -2.30. The normalized spacial score (nSPS) is 11.5. The number of carbonyl (C=O) groups excluding carboxylic acids is 2. The number of rotatable bonds is 7. The number of thioether (sulfide) groups is 1. The quantitative estimate of drug-likeness (QED) is 0.335. The van der Waals surface area contributed by atoms with Crippen LogP contribution in [0.25, 0.3) is 0 Å². The Morgan fingerprint density at radius 2 is 1.93 bits per heavy atom. The average Bonchev–Trinajstić information content (AvgIpc) is 2.62. The largest absolute Gasteiger partial charge is 0.452 e. The number of anilines is 1. The Balaban J connectivity index is 1.91. The minimum absolute atomic E-state index is 0.0557. The Morgan fingerprint density at radius 1 is 1.22 bits per heavy atom. The fourth-order valence-corrected chi connectivity index (χ4v) is 3.16. The van der Waals surface area contributed by atoms with E-state index in [0.717, 1.165) is 16.0 Å². The van der Waals surface area contributed by atoms with Crippen LogP contribution >= 0.6 is 11.8 Å². The molecule has 27 heavy (non-hydrogen) atoms. The lowest BCUT2D eigenvalue weighted by molar-refractivity contribution is -0.383. The molecule has 0 aliphatic heterocycles. The maximum Gasteiger partial charge on any atom is 0.317 e. The number of ether oxygens (including phenoxy) is 1. The van der Waals surface area contributed by atoms with E-state index in [-0.39, 0.29) is 17.1 Å². The van der Waals surface area contributed by atoms with Crippen molar-refractivity contribution in [2.24, 2.45) is 0 Å². The van der Waals surface area contributed by atoms with Gasteiger partial charge in [-0.15, -0.1) is 11.8 Å². The molecule has 0 aliphatic rings. The molecule has 142 valence electrons. The number of benzene rings is 2. The molecule has 0 unspecified atom stereocenters. The Kier molecular flexibility index (Phi) is 6.95. The van der Waals surface area contributed by atoms with E-state index in [1.54, 1.807) is 6.07 Å². The first-order valence-electron chi connectivity index (χ1n) is 8.21. The van der Waals surface area contributed by atoms with Crippen molar-refractivity contribution < 1.29 is 19.2 Å². The first-order chi connectivity index (χ1) is 12.8. The zero-order valence-corrected chi connectivity index (χ0v) is 16.0. The van der Waals surface area contributed by atoms with Gasteiger partial charge in [0.15, 0.2) is 6.10 Å². The van der Waals surface area contributed by atoms with Crippen LogP contribution in [0.3, 0.4) is 0 Å². The summed E-state index contributed by atoms with van der Waals surface area (Å²) in [5.74, 6) is -1.10. The van der Waals surface area contributed by atoms with Crippen molar-refractivity contribution in [3.63, 3.8) is 0 Å². The number of amides is 1. The number of aryl methyl sites for hydroxylation is 2. The van der Waals surface area contributed by atoms with Crippen LogP contribution in [0.2, 0.25) is 0 Å². The summed E-state index contributed by atoms with van der Waals surface area (Å²) in [5, 5.41) is 13.4. The maximum absolute atomic E-state index is 12.2. The van der Waals surface area contributed by atoms with Crippen LogP contribution in [-0.4, -0.2) is 28.7 Å². The lowest BCUT2D eigenvalue weighted by Gasteiger charge is -2.14. The molecule has 0 saturated carbocycles. The predicted octanol–water partition coefficient (Wildman–Crippen LogP) is 3.87. The number of hydrogen-bond acceptors (Lipinski definition) is 6. The molecule has 7 nitrogen and oxygen atoms in total. The number of nitro groups is 1. The average molecular weight is 388 g/mol. The van der Waals surface area contributed by atoms with Crippen LogP contribution in [0.4, 0.5) is 11.4 Å². The molecule has 0 bridgehead atoms. The van der Waals surface area contributed by atoms with Crippen LogP contribution in [-0.2, 0) is 14.3 Å². The van der Waals surface area contributed by atoms with Crippen LogP contribution < -0.4 is 5.32 Å². The molecule has 2 rings (SSSR count). The summed E-state index contributed by atoms with van der Waals surface area (Å²) < 4.78 is 5.13. The Morgan fingerprint density at radius 3 is 2.63 bits per heavy atom. The van der Waals surface area contributed by atoms with Gasteiger partial charge in [0.2, 0.25) is 0 Å². The number of esters is 1. The first kappa shape index (κ1) is 20.4. The Hall–Kier alpha value is -2.87. The Bertz CT molecular complexity index is 869. The third kappa shape index (κ3) is 5.82. The van der Waals surface area contributed by atoms with Crippen molar-refractivity contribution in [2.45, 2.75) is 31.8 Å². The summed E-state index contributed by atoms with van der Waals surface area (Å²) in [7, 11) is 0. The highest BCUT2D eigenvalue weighted by Gasteiger charge is 2.21. The van der Waals surface area contributed by atoms with E-state index in [4.69, 9.17) is 4.74 Å². The number of nitro benzene ring substituents is 1. The molecule has 0 aliphatic carbocycles. The zero-order valence-electron chi connectivity index (χ0n) is 15.2. The summed E-state index contributed by atoms with van der Waals surface area (Å²) >= 11 is 1.34. The lowest BCUT2D eigenvalue weighted by atomic mass is 10.2. The van der Waals surface area contributed by atoms with Crippen molar-refractivity contribution >= 4 is 35.0 Å². The number of nitrogens with zero attached hydrogens (tertiary/aromatic N) is 1. The molecular weight excluding hydrogens is 368 g/mol. The molecule has 1 amide bonds. The molecule has 1 atom stereocenters. The number of hydrogen-bond donors (Lipinski definition) is 1. The molecule has 0 heterocycles. The number of para-hydroxylation sites is 2. The van der Waals surface area contributed by atoms with E-state index in [0.29, 0.717) is 0 Å². The summed E-state index contributed by atoms with van der Waals surface area (Å²) in [6.45, 7) is 5.34. The van der Waals surface area contributed by atoms with Gasteiger partial charge >= 0.3 is 5.97 Å². The van der Waals surface area contributed by atoms with E-state index >= 15 is 0 Å². The summed E-state index contributed by atoms with van der Waals surface area (Å²) in [5.41, 5.74) is 1.98. The second-order valence-electron chi connectivity index (χ2n) is 5.95.